The molecule has 0 fully saturated rings. The first-order valence-electron chi connectivity index (χ1n) is 10.2. The van der Waals surface area contributed by atoms with Crippen molar-refractivity contribution < 1.29 is 4.74 Å². The normalized spacial score (nSPS) is 11.8. The molecule has 0 saturated heterocycles. The maximum Gasteiger partial charge on any atom is 0.160 e. The number of rotatable bonds is 5. The first kappa shape index (κ1) is 20.5. The zero-order valence-electron chi connectivity index (χ0n) is 17.3. The smallest absolute Gasteiger partial charge is 0.160 e. The van der Waals surface area contributed by atoms with Crippen LogP contribution in [0.5, 0.6) is 5.75 Å². The van der Waals surface area contributed by atoms with Gasteiger partial charge in [-0.25, -0.2) is 9.97 Å². The molecule has 0 amide bonds. The van der Waals surface area contributed by atoms with Crippen LogP contribution in [0.3, 0.4) is 0 Å². The average Bonchev–Trinajstić information content (AvgIpc) is 3.04. The van der Waals surface area contributed by atoms with Crippen LogP contribution in [0.2, 0.25) is 0 Å². The quantitative estimate of drug-likeness (QED) is 0.235. The fourth-order valence-corrected chi connectivity index (χ4v) is 5.22. The van der Waals surface area contributed by atoms with E-state index in [1.165, 1.54) is 5.56 Å². The van der Waals surface area contributed by atoms with Gasteiger partial charge in [-0.05, 0) is 63.8 Å². The fourth-order valence-electron chi connectivity index (χ4n) is 3.78. The summed E-state index contributed by atoms with van der Waals surface area (Å²) in [5.74, 6) is 1.40. The lowest BCUT2D eigenvalue weighted by Gasteiger charge is -2.11. The zero-order valence-corrected chi connectivity index (χ0v) is 20.4. The van der Waals surface area contributed by atoms with Gasteiger partial charge in [-0.15, -0.1) is 0 Å². The van der Waals surface area contributed by atoms with Crippen LogP contribution in [0.25, 0.3) is 33.1 Å². The van der Waals surface area contributed by atoms with Crippen LogP contribution in [-0.2, 0) is 6.54 Å². The first-order valence-corrected chi connectivity index (χ1v) is 11.8. The summed E-state index contributed by atoms with van der Waals surface area (Å²) in [5, 5.41) is 1.08. The summed E-state index contributed by atoms with van der Waals surface area (Å²) < 4.78 is 10.1. The molecule has 0 N–H and O–H groups in total. The Hall–Kier alpha value is -2.44. The predicted octanol–water partition coefficient (Wildman–Crippen LogP) is 7.35. The van der Waals surface area contributed by atoms with Crippen molar-refractivity contribution in [1.29, 1.82) is 0 Å². The second-order valence-electron chi connectivity index (χ2n) is 8.10. The van der Waals surface area contributed by atoms with Crippen molar-refractivity contribution in [3.05, 3.63) is 75.2 Å². The summed E-state index contributed by atoms with van der Waals surface area (Å²) in [5.41, 5.74) is 5.86. The number of fused-ring (bicyclic) bond motifs is 4. The highest BCUT2D eigenvalue weighted by atomic mass is 79.9. The molecule has 6 heteroatoms. The fraction of sp³-hybridized carbons (Fsp3) is 0.200. The minimum absolute atomic E-state index is 0.502. The SMILES string of the molecule is CC(C)COc1ccc(Cn2c3nc4ccccc4nc3c3cc(Br)cc(Br)c32)cc1. The molecule has 0 bridgehead atoms. The van der Waals surface area contributed by atoms with Crippen LogP contribution in [0, 0.1) is 5.92 Å². The predicted molar refractivity (Wildman–Crippen MR) is 134 cm³/mol. The minimum Gasteiger partial charge on any atom is -0.493 e. The largest absolute Gasteiger partial charge is 0.493 e. The van der Waals surface area contributed by atoms with Gasteiger partial charge in [-0.2, -0.15) is 0 Å². The highest BCUT2D eigenvalue weighted by Gasteiger charge is 2.18. The summed E-state index contributed by atoms with van der Waals surface area (Å²) in [6, 6.07) is 20.5. The van der Waals surface area contributed by atoms with E-state index in [1.54, 1.807) is 0 Å². The van der Waals surface area contributed by atoms with Crippen molar-refractivity contribution >= 4 is 65.0 Å². The third-order valence-corrected chi connectivity index (χ3v) is 6.27. The van der Waals surface area contributed by atoms with Crippen LogP contribution in [0.4, 0.5) is 0 Å². The summed E-state index contributed by atoms with van der Waals surface area (Å²) in [4.78, 5) is 9.95. The van der Waals surface area contributed by atoms with Gasteiger partial charge in [0.25, 0.3) is 0 Å². The van der Waals surface area contributed by atoms with Crippen LogP contribution in [0.1, 0.15) is 19.4 Å². The number of halogens is 2. The molecule has 0 unspecified atom stereocenters. The van der Waals surface area contributed by atoms with Gasteiger partial charge in [0.2, 0.25) is 0 Å². The molecule has 0 atom stereocenters. The van der Waals surface area contributed by atoms with E-state index in [0.717, 1.165) is 54.4 Å². The van der Waals surface area contributed by atoms with Gasteiger partial charge < -0.3 is 9.30 Å². The van der Waals surface area contributed by atoms with Crippen molar-refractivity contribution in [2.75, 3.05) is 6.61 Å². The molecule has 0 radical (unpaired) electrons. The lowest BCUT2D eigenvalue weighted by Crippen LogP contribution is -2.05. The van der Waals surface area contributed by atoms with E-state index in [0.29, 0.717) is 12.5 Å². The third kappa shape index (κ3) is 3.94. The number of para-hydroxylation sites is 2. The molecule has 0 saturated carbocycles. The summed E-state index contributed by atoms with van der Waals surface area (Å²) >= 11 is 7.39. The number of aromatic nitrogens is 3. The second-order valence-corrected chi connectivity index (χ2v) is 9.87. The monoisotopic (exact) mass is 537 g/mol. The number of benzene rings is 3. The van der Waals surface area contributed by atoms with Crippen molar-refractivity contribution in [2.45, 2.75) is 20.4 Å². The molecular formula is C25H21Br2N3O. The average molecular weight is 539 g/mol. The standard InChI is InChI=1S/C25H21Br2N3O/c1-15(2)14-31-18-9-7-16(8-10-18)13-30-24-19(11-17(26)12-20(24)27)23-25(30)29-22-6-4-3-5-21(22)28-23/h3-12,15H,13-14H2,1-2H3. The van der Waals surface area contributed by atoms with Crippen molar-refractivity contribution in [2.24, 2.45) is 5.92 Å². The van der Waals surface area contributed by atoms with E-state index in [-0.39, 0.29) is 0 Å². The number of hydrogen-bond acceptors (Lipinski definition) is 3. The lowest BCUT2D eigenvalue weighted by atomic mass is 10.2. The van der Waals surface area contributed by atoms with Crippen LogP contribution >= 0.6 is 31.9 Å². The van der Waals surface area contributed by atoms with Gasteiger partial charge in [0, 0.05) is 20.9 Å². The van der Waals surface area contributed by atoms with Crippen LogP contribution in [0.15, 0.2) is 69.6 Å². The first-order chi connectivity index (χ1) is 15.0. The van der Waals surface area contributed by atoms with E-state index in [9.17, 15) is 0 Å². The van der Waals surface area contributed by atoms with Gasteiger partial charge in [-0.3, -0.25) is 0 Å². The Bertz CT molecular complexity index is 1410. The molecular weight excluding hydrogens is 518 g/mol. The molecule has 0 spiro atoms. The van der Waals surface area contributed by atoms with Gasteiger partial charge >= 0.3 is 0 Å². The van der Waals surface area contributed by atoms with E-state index < -0.39 is 0 Å². The van der Waals surface area contributed by atoms with Crippen molar-refractivity contribution in [3.8, 4) is 5.75 Å². The van der Waals surface area contributed by atoms with Crippen LogP contribution < -0.4 is 4.74 Å². The molecule has 2 heterocycles. The Morgan fingerprint density at radius 2 is 1.65 bits per heavy atom. The summed E-state index contributed by atoms with van der Waals surface area (Å²) in [6.45, 7) is 5.71. The summed E-state index contributed by atoms with van der Waals surface area (Å²) in [6.07, 6.45) is 0. The minimum atomic E-state index is 0.502. The number of hydrogen-bond donors (Lipinski definition) is 0. The van der Waals surface area contributed by atoms with E-state index in [4.69, 9.17) is 14.7 Å². The number of ether oxygens (including phenoxy) is 1. The molecule has 0 aliphatic rings. The van der Waals surface area contributed by atoms with Crippen molar-refractivity contribution in [3.63, 3.8) is 0 Å². The topological polar surface area (TPSA) is 39.9 Å². The molecule has 3 aromatic carbocycles. The third-order valence-electron chi connectivity index (χ3n) is 5.21. The summed E-state index contributed by atoms with van der Waals surface area (Å²) in [7, 11) is 0. The molecule has 0 aliphatic heterocycles. The molecule has 156 valence electrons. The van der Waals surface area contributed by atoms with Gasteiger partial charge in [-0.1, -0.05) is 54.0 Å². The Morgan fingerprint density at radius 3 is 2.35 bits per heavy atom. The molecule has 2 aromatic heterocycles. The zero-order chi connectivity index (χ0) is 21.5. The van der Waals surface area contributed by atoms with Crippen LogP contribution in [-0.4, -0.2) is 21.1 Å². The van der Waals surface area contributed by atoms with Gasteiger partial charge in [0.05, 0.1) is 23.2 Å². The Labute approximate surface area is 197 Å². The molecule has 5 aromatic rings. The Balaban J connectivity index is 1.65. The highest BCUT2D eigenvalue weighted by Crippen LogP contribution is 2.36. The van der Waals surface area contributed by atoms with Gasteiger partial charge in [0.15, 0.2) is 5.65 Å². The molecule has 0 aliphatic carbocycles. The second kappa shape index (κ2) is 8.24. The van der Waals surface area contributed by atoms with Gasteiger partial charge in [0.1, 0.15) is 11.3 Å². The Kier molecular flexibility index (Phi) is 5.44. The Morgan fingerprint density at radius 1 is 0.935 bits per heavy atom. The maximum atomic E-state index is 5.84. The molecule has 31 heavy (non-hydrogen) atoms. The molecule has 4 nitrogen and oxygen atoms in total. The lowest BCUT2D eigenvalue weighted by molar-refractivity contribution is 0.271. The number of nitrogens with zero attached hydrogens (tertiary/aromatic N) is 3. The van der Waals surface area contributed by atoms with E-state index >= 15 is 0 Å². The van der Waals surface area contributed by atoms with E-state index in [1.807, 2.05) is 36.4 Å². The van der Waals surface area contributed by atoms with E-state index in [2.05, 4.69) is 74.5 Å². The molecule has 5 rings (SSSR count). The highest BCUT2D eigenvalue weighted by molar-refractivity contribution is 9.11. The van der Waals surface area contributed by atoms with Crippen molar-refractivity contribution in [1.82, 2.24) is 14.5 Å². The maximum absolute atomic E-state index is 5.84.